The minimum absolute atomic E-state index is 0.175. The summed E-state index contributed by atoms with van der Waals surface area (Å²) in [5, 5.41) is 4.88. The van der Waals surface area contributed by atoms with Crippen LogP contribution in [0.5, 0.6) is 0 Å². The number of benzene rings is 2. The fourth-order valence-corrected chi connectivity index (χ4v) is 1.99. The minimum Gasteiger partial charge on any atom is -0.326 e. The molecule has 0 spiro atoms. The fraction of sp³-hybridized carbons (Fsp3) is 0.176. The van der Waals surface area contributed by atoms with Gasteiger partial charge in [0.1, 0.15) is 0 Å². The van der Waals surface area contributed by atoms with E-state index < -0.39 is 17.6 Å². The van der Waals surface area contributed by atoms with E-state index in [2.05, 4.69) is 10.6 Å². The summed E-state index contributed by atoms with van der Waals surface area (Å²) in [7, 11) is 0. The number of rotatable bonds is 4. The van der Waals surface area contributed by atoms with Gasteiger partial charge in [-0.3, -0.25) is 9.59 Å². The average Bonchev–Trinajstić information content (AvgIpc) is 2.55. The Hall–Kier alpha value is -2.83. The second-order valence-electron chi connectivity index (χ2n) is 4.98. The molecule has 2 aromatic carbocycles. The summed E-state index contributed by atoms with van der Waals surface area (Å²) < 4.78 is 38.8. The van der Waals surface area contributed by atoms with Crippen molar-refractivity contribution >= 4 is 23.2 Å². The summed E-state index contributed by atoms with van der Waals surface area (Å²) in [6.45, 7) is 1.70. The Labute approximate surface area is 136 Å². The predicted octanol–water partition coefficient (Wildman–Crippen LogP) is 4.31. The molecule has 0 aliphatic heterocycles. The van der Waals surface area contributed by atoms with Crippen LogP contribution in [0.3, 0.4) is 0 Å². The van der Waals surface area contributed by atoms with E-state index in [0.717, 1.165) is 6.07 Å². The lowest BCUT2D eigenvalue weighted by atomic mass is 10.1. The lowest BCUT2D eigenvalue weighted by molar-refractivity contribution is -0.136. The van der Waals surface area contributed by atoms with Crippen LogP contribution in [0.2, 0.25) is 0 Å². The molecular weight excluding hydrogens is 321 g/mol. The van der Waals surface area contributed by atoms with Gasteiger partial charge in [-0.05, 0) is 36.4 Å². The van der Waals surface area contributed by atoms with E-state index in [-0.39, 0.29) is 17.2 Å². The van der Waals surface area contributed by atoms with Crippen LogP contribution in [0.4, 0.5) is 24.5 Å². The standard InChI is InChI=1S/C17H15F3N2O2/c1-2-15(23)21-12-9-7-11(8-10-12)16(24)22-14-6-4-3-5-13(14)17(18,19)20/h3-10H,2H2,1H3,(H,21,23)(H,22,24). The molecule has 0 aliphatic rings. The number of halogens is 3. The van der Waals surface area contributed by atoms with Gasteiger partial charge in [0.05, 0.1) is 11.3 Å². The molecule has 0 bridgehead atoms. The number of anilines is 2. The molecule has 0 fully saturated rings. The number of carbonyl (C=O) groups is 2. The van der Waals surface area contributed by atoms with Gasteiger partial charge in [0.15, 0.2) is 0 Å². The molecule has 0 radical (unpaired) electrons. The molecule has 0 unspecified atom stereocenters. The zero-order valence-electron chi connectivity index (χ0n) is 12.8. The molecule has 24 heavy (non-hydrogen) atoms. The van der Waals surface area contributed by atoms with Crippen molar-refractivity contribution < 1.29 is 22.8 Å². The van der Waals surface area contributed by atoms with E-state index in [9.17, 15) is 22.8 Å². The average molecular weight is 336 g/mol. The lowest BCUT2D eigenvalue weighted by Crippen LogP contribution is -2.16. The highest BCUT2D eigenvalue weighted by atomic mass is 19.4. The van der Waals surface area contributed by atoms with Gasteiger partial charge in [-0.1, -0.05) is 19.1 Å². The fourth-order valence-electron chi connectivity index (χ4n) is 1.99. The number of nitrogens with one attached hydrogen (secondary N) is 2. The van der Waals surface area contributed by atoms with E-state index in [1.807, 2.05) is 0 Å². The van der Waals surface area contributed by atoms with Crippen molar-refractivity contribution in [1.82, 2.24) is 0 Å². The molecule has 0 aliphatic carbocycles. The molecule has 2 aromatic rings. The van der Waals surface area contributed by atoms with Crippen LogP contribution in [-0.4, -0.2) is 11.8 Å². The second kappa shape index (κ2) is 7.16. The van der Waals surface area contributed by atoms with Crippen molar-refractivity contribution in [3.63, 3.8) is 0 Å². The van der Waals surface area contributed by atoms with Crippen LogP contribution in [0.1, 0.15) is 29.3 Å². The highest BCUT2D eigenvalue weighted by Gasteiger charge is 2.33. The van der Waals surface area contributed by atoms with Gasteiger partial charge >= 0.3 is 6.18 Å². The topological polar surface area (TPSA) is 58.2 Å². The summed E-state index contributed by atoms with van der Waals surface area (Å²) in [6.07, 6.45) is -4.24. The van der Waals surface area contributed by atoms with E-state index >= 15 is 0 Å². The van der Waals surface area contributed by atoms with Crippen LogP contribution in [0.25, 0.3) is 0 Å². The first-order valence-electron chi connectivity index (χ1n) is 7.18. The Kier molecular flexibility index (Phi) is 5.23. The molecule has 0 saturated carbocycles. The Bertz CT molecular complexity index is 740. The summed E-state index contributed by atoms with van der Waals surface area (Å²) >= 11 is 0. The normalized spacial score (nSPS) is 11.0. The van der Waals surface area contributed by atoms with Crippen LogP contribution >= 0.6 is 0 Å². The molecule has 7 heteroatoms. The van der Waals surface area contributed by atoms with Gasteiger partial charge in [0, 0.05) is 17.7 Å². The van der Waals surface area contributed by atoms with Gasteiger partial charge in [-0.25, -0.2) is 0 Å². The van der Waals surface area contributed by atoms with Gasteiger partial charge in [-0.15, -0.1) is 0 Å². The summed E-state index contributed by atoms with van der Waals surface area (Å²) in [6, 6.07) is 10.6. The van der Waals surface area contributed by atoms with Crippen LogP contribution < -0.4 is 10.6 Å². The highest BCUT2D eigenvalue weighted by Crippen LogP contribution is 2.34. The van der Waals surface area contributed by atoms with E-state index in [1.165, 1.54) is 42.5 Å². The van der Waals surface area contributed by atoms with Crippen molar-refractivity contribution in [2.75, 3.05) is 10.6 Å². The monoisotopic (exact) mass is 336 g/mol. The molecule has 0 aromatic heterocycles. The first-order chi connectivity index (χ1) is 11.3. The number of para-hydroxylation sites is 1. The first-order valence-corrected chi connectivity index (χ1v) is 7.18. The number of alkyl halides is 3. The molecule has 0 saturated heterocycles. The van der Waals surface area contributed by atoms with E-state index in [1.54, 1.807) is 6.92 Å². The molecule has 126 valence electrons. The van der Waals surface area contributed by atoms with Gasteiger partial charge in [-0.2, -0.15) is 13.2 Å². The number of amides is 2. The first kappa shape index (κ1) is 17.5. The van der Waals surface area contributed by atoms with Crippen LogP contribution in [-0.2, 0) is 11.0 Å². The largest absolute Gasteiger partial charge is 0.418 e. The predicted molar refractivity (Wildman–Crippen MR) is 84.8 cm³/mol. The summed E-state index contributed by atoms with van der Waals surface area (Å²) in [5.41, 5.74) is -0.529. The van der Waals surface area contributed by atoms with Crippen molar-refractivity contribution in [3.05, 3.63) is 59.7 Å². The Morgan fingerprint density at radius 1 is 0.958 bits per heavy atom. The molecule has 2 amide bonds. The number of hydrogen-bond donors (Lipinski definition) is 2. The van der Waals surface area contributed by atoms with Gasteiger partial charge in [0.25, 0.3) is 5.91 Å². The zero-order valence-corrected chi connectivity index (χ0v) is 12.8. The van der Waals surface area contributed by atoms with Crippen molar-refractivity contribution in [3.8, 4) is 0 Å². The number of carbonyl (C=O) groups excluding carboxylic acids is 2. The number of hydrogen-bond acceptors (Lipinski definition) is 2. The quantitative estimate of drug-likeness (QED) is 0.874. The Morgan fingerprint density at radius 3 is 2.17 bits per heavy atom. The van der Waals surface area contributed by atoms with Gasteiger partial charge < -0.3 is 10.6 Å². The Morgan fingerprint density at radius 2 is 1.58 bits per heavy atom. The maximum atomic E-state index is 12.9. The third-order valence-corrected chi connectivity index (χ3v) is 3.23. The second-order valence-corrected chi connectivity index (χ2v) is 4.98. The maximum absolute atomic E-state index is 12.9. The molecular formula is C17H15F3N2O2. The van der Waals surface area contributed by atoms with Crippen LogP contribution in [0, 0.1) is 0 Å². The Balaban J connectivity index is 2.15. The molecule has 2 rings (SSSR count). The third-order valence-electron chi connectivity index (χ3n) is 3.23. The summed E-state index contributed by atoms with van der Waals surface area (Å²) in [4.78, 5) is 23.4. The van der Waals surface area contributed by atoms with Crippen LogP contribution in [0.15, 0.2) is 48.5 Å². The maximum Gasteiger partial charge on any atom is 0.418 e. The SMILES string of the molecule is CCC(=O)Nc1ccc(C(=O)Nc2ccccc2C(F)(F)F)cc1. The zero-order chi connectivity index (χ0) is 17.7. The lowest BCUT2D eigenvalue weighted by Gasteiger charge is -2.13. The van der Waals surface area contributed by atoms with Gasteiger partial charge in [0.2, 0.25) is 5.91 Å². The van der Waals surface area contributed by atoms with Crippen molar-refractivity contribution in [1.29, 1.82) is 0 Å². The van der Waals surface area contributed by atoms with Crippen molar-refractivity contribution in [2.24, 2.45) is 0 Å². The smallest absolute Gasteiger partial charge is 0.326 e. The third kappa shape index (κ3) is 4.34. The van der Waals surface area contributed by atoms with E-state index in [0.29, 0.717) is 12.1 Å². The van der Waals surface area contributed by atoms with E-state index in [4.69, 9.17) is 0 Å². The highest BCUT2D eigenvalue weighted by molar-refractivity contribution is 6.05. The molecule has 4 nitrogen and oxygen atoms in total. The molecule has 0 atom stereocenters. The molecule has 0 heterocycles. The summed E-state index contributed by atoms with van der Waals surface area (Å²) in [5.74, 6) is -0.841. The molecule has 2 N–H and O–H groups in total. The minimum atomic E-state index is -4.56. The van der Waals surface area contributed by atoms with Crippen molar-refractivity contribution in [2.45, 2.75) is 19.5 Å².